The van der Waals surface area contributed by atoms with E-state index < -0.39 is 5.82 Å². The Balaban J connectivity index is 2.12. The second kappa shape index (κ2) is 6.95. The summed E-state index contributed by atoms with van der Waals surface area (Å²) >= 11 is 5.88. The third kappa shape index (κ3) is 3.99. The van der Waals surface area contributed by atoms with Crippen LogP contribution in [0, 0.1) is 17.7 Å². The quantitative estimate of drug-likeness (QED) is 0.879. The van der Waals surface area contributed by atoms with Gasteiger partial charge in [0.25, 0.3) is 0 Å². The van der Waals surface area contributed by atoms with E-state index in [4.69, 9.17) is 22.1 Å². The summed E-state index contributed by atoms with van der Waals surface area (Å²) in [6.07, 6.45) is 0. The zero-order valence-electron chi connectivity index (χ0n) is 10.7. The second-order valence-corrected chi connectivity index (χ2v) is 4.51. The van der Waals surface area contributed by atoms with Crippen LogP contribution >= 0.6 is 11.6 Å². The lowest BCUT2D eigenvalue weighted by atomic mass is 10.2. The van der Waals surface area contributed by atoms with Gasteiger partial charge in [-0.15, -0.1) is 0 Å². The molecule has 0 fully saturated rings. The molecule has 0 aliphatic carbocycles. The zero-order chi connectivity index (χ0) is 14.4. The van der Waals surface area contributed by atoms with Crippen LogP contribution in [0.2, 0.25) is 5.02 Å². The number of hydrogen-bond acceptors (Lipinski definition) is 2. The minimum Gasteiger partial charge on any atom is -0.486 e. The summed E-state index contributed by atoms with van der Waals surface area (Å²) < 4.78 is 19.1. The molecule has 0 radical (unpaired) electrons. The first-order valence-corrected chi connectivity index (χ1v) is 6.42. The largest absolute Gasteiger partial charge is 0.486 e. The van der Waals surface area contributed by atoms with E-state index in [2.05, 4.69) is 11.8 Å². The van der Waals surface area contributed by atoms with Gasteiger partial charge in [0.1, 0.15) is 6.61 Å². The maximum atomic E-state index is 13.6. The first-order valence-electron chi connectivity index (χ1n) is 6.05. The standard InChI is InChI=1S/C16H13ClFNO/c17-14-5-1-3-13(9-14)11-20-16-10-12(4-2-8-19)6-7-15(16)18/h1,3,5-7,9-10H,8,11,19H2. The van der Waals surface area contributed by atoms with E-state index >= 15 is 0 Å². The molecule has 0 saturated carbocycles. The number of hydrogen-bond donors (Lipinski definition) is 1. The van der Waals surface area contributed by atoms with Crippen LogP contribution in [0.1, 0.15) is 11.1 Å². The van der Waals surface area contributed by atoms with Crippen molar-refractivity contribution in [2.75, 3.05) is 6.54 Å². The van der Waals surface area contributed by atoms with Crippen LogP contribution in [-0.2, 0) is 6.61 Å². The Morgan fingerprint density at radius 2 is 2.05 bits per heavy atom. The van der Waals surface area contributed by atoms with E-state index in [0.29, 0.717) is 10.6 Å². The fraction of sp³-hybridized carbons (Fsp3) is 0.125. The highest BCUT2D eigenvalue weighted by Gasteiger charge is 2.05. The molecule has 0 aromatic heterocycles. The third-order valence-electron chi connectivity index (χ3n) is 2.55. The predicted molar refractivity (Wildman–Crippen MR) is 78.1 cm³/mol. The summed E-state index contributed by atoms with van der Waals surface area (Å²) in [5.41, 5.74) is 6.84. The van der Waals surface area contributed by atoms with Gasteiger partial charge in [-0.3, -0.25) is 0 Å². The molecule has 2 nitrogen and oxygen atoms in total. The molecular formula is C16H13ClFNO. The molecule has 0 saturated heterocycles. The van der Waals surface area contributed by atoms with Gasteiger partial charge in [0.2, 0.25) is 0 Å². The molecule has 2 N–H and O–H groups in total. The Labute approximate surface area is 122 Å². The fourth-order valence-corrected chi connectivity index (χ4v) is 1.85. The van der Waals surface area contributed by atoms with Gasteiger partial charge in [-0.25, -0.2) is 4.39 Å². The number of rotatable bonds is 3. The molecule has 0 amide bonds. The van der Waals surface area contributed by atoms with Gasteiger partial charge in [-0.1, -0.05) is 35.6 Å². The molecule has 2 rings (SSSR count). The van der Waals surface area contributed by atoms with Crippen LogP contribution in [0.25, 0.3) is 0 Å². The average molecular weight is 290 g/mol. The molecule has 0 unspecified atom stereocenters. The Bertz CT molecular complexity index is 661. The summed E-state index contributed by atoms with van der Waals surface area (Å²) in [5, 5.41) is 0.620. The average Bonchev–Trinajstić information content (AvgIpc) is 2.45. The summed E-state index contributed by atoms with van der Waals surface area (Å²) in [6, 6.07) is 11.7. The molecule has 0 bridgehead atoms. The predicted octanol–water partition coefficient (Wildman–Crippen LogP) is 3.37. The van der Waals surface area contributed by atoms with E-state index in [1.54, 1.807) is 24.3 Å². The summed E-state index contributed by atoms with van der Waals surface area (Å²) in [5.74, 6) is 5.29. The third-order valence-corrected chi connectivity index (χ3v) is 2.78. The van der Waals surface area contributed by atoms with E-state index in [-0.39, 0.29) is 18.9 Å². The monoisotopic (exact) mass is 289 g/mol. The van der Waals surface area contributed by atoms with Crippen LogP contribution < -0.4 is 10.5 Å². The van der Waals surface area contributed by atoms with Crippen molar-refractivity contribution in [3.05, 3.63) is 64.4 Å². The highest BCUT2D eigenvalue weighted by molar-refractivity contribution is 6.30. The number of nitrogens with two attached hydrogens (primary N) is 1. The van der Waals surface area contributed by atoms with Gasteiger partial charge < -0.3 is 10.5 Å². The van der Waals surface area contributed by atoms with Crippen LogP contribution in [0.4, 0.5) is 4.39 Å². The summed E-state index contributed by atoms with van der Waals surface area (Å²) in [7, 11) is 0. The molecule has 0 aliphatic rings. The van der Waals surface area contributed by atoms with Crippen molar-refractivity contribution in [2.24, 2.45) is 5.73 Å². The van der Waals surface area contributed by atoms with Crippen molar-refractivity contribution in [1.29, 1.82) is 0 Å². The van der Waals surface area contributed by atoms with E-state index in [0.717, 1.165) is 5.56 Å². The molecule has 0 spiro atoms. The topological polar surface area (TPSA) is 35.2 Å². The second-order valence-electron chi connectivity index (χ2n) is 4.07. The van der Waals surface area contributed by atoms with Crippen LogP contribution in [0.5, 0.6) is 5.75 Å². The van der Waals surface area contributed by atoms with Crippen molar-refractivity contribution in [1.82, 2.24) is 0 Å². The van der Waals surface area contributed by atoms with E-state index in [1.165, 1.54) is 6.07 Å². The van der Waals surface area contributed by atoms with Gasteiger partial charge in [0.15, 0.2) is 11.6 Å². The van der Waals surface area contributed by atoms with Crippen molar-refractivity contribution in [3.63, 3.8) is 0 Å². The first-order chi connectivity index (χ1) is 9.69. The van der Waals surface area contributed by atoms with Gasteiger partial charge in [0, 0.05) is 10.6 Å². The Kier molecular flexibility index (Phi) is 5.00. The highest BCUT2D eigenvalue weighted by atomic mass is 35.5. The Morgan fingerprint density at radius 3 is 2.80 bits per heavy atom. The van der Waals surface area contributed by atoms with Gasteiger partial charge >= 0.3 is 0 Å². The zero-order valence-corrected chi connectivity index (χ0v) is 11.5. The van der Waals surface area contributed by atoms with Crippen molar-refractivity contribution >= 4 is 11.6 Å². The normalized spacial score (nSPS) is 9.75. The van der Waals surface area contributed by atoms with Crippen molar-refractivity contribution in [2.45, 2.75) is 6.61 Å². The maximum absolute atomic E-state index is 13.6. The first kappa shape index (κ1) is 14.4. The van der Waals surface area contributed by atoms with Crippen LogP contribution in [0.15, 0.2) is 42.5 Å². The summed E-state index contributed by atoms with van der Waals surface area (Å²) in [4.78, 5) is 0. The lowest BCUT2D eigenvalue weighted by Gasteiger charge is -2.08. The molecule has 0 atom stereocenters. The molecule has 4 heteroatoms. The molecule has 20 heavy (non-hydrogen) atoms. The van der Waals surface area contributed by atoms with Gasteiger partial charge in [-0.2, -0.15) is 0 Å². The SMILES string of the molecule is NCC#Cc1ccc(F)c(OCc2cccc(Cl)c2)c1. The van der Waals surface area contributed by atoms with Crippen LogP contribution in [-0.4, -0.2) is 6.54 Å². The number of benzene rings is 2. The Morgan fingerprint density at radius 1 is 1.20 bits per heavy atom. The molecule has 0 heterocycles. The Hall–Kier alpha value is -2.02. The van der Waals surface area contributed by atoms with Gasteiger partial charge in [0.05, 0.1) is 6.54 Å². The number of halogens is 2. The highest BCUT2D eigenvalue weighted by Crippen LogP contribution is 2.20. The smallest absolute Gasteiger partial charge is 0.165 e. The van der Waals surface area contributed by atoms with E-state index in [1.807, 2.05) is 12.1 Å². The maximum Gasteiger partial charge on any atom is 0.165 e. The number of ether oxygens (including phenoxy) is 1. The summed E-state index contributed by atoms with van der Waals surface area (Å²) in [6.45, 7) is 0.501. The minimum absolute atomic E-state index is 0.161. The van der Waals surface area contributed by atoms with Crippen molar-refractivity contribution < 1.29 is 9.13 Å². The van der Waals surface area contributed by atoms with Gasteiger partial charge in [-0.05, 0) is 35.9 Å². The minimum atomic E-state index is -0.426. The van der Waals surface area contributed by atoms with Crippen LogP contribution in [0.3, 0.4) is 0 Å². The lowest BCUT2D eigenvalue weighted by Crippen LogP contribution is -1.98. The molecule has 102 valence electrons. The molecular weight excluding hydrogens is 277 g/mol. The fourth-order valence-electron chi connectivity index (χ4n) is 1.63. The van der Waals surface area contributed by atoms with Crippen molar-refractivity contribution in [3.8, 4) is 17.6 Å². The molecule has 2 aromatic rings. The molecule has 0 aliphatic heterocycles. The molecule has 2 aromatic carbocycles. The van der Waals surface area contributed by atoms with E-state index in [9.17, 15) is 4.39 Å². The lowest BCUT2D eigenvalue weighted by molar-refractivity contribution is 0.290.